The van der Waals surface area contributed by atoms with Crippen molar-refractivity contribution >= 4 is 5.91 Å². The van der Waals surface area contributed by atoms with Gasteiger partial charge >= 0.3 is 0 Å². The van der Waals surface area contributed by atoms with Crippen LogP contribution in [0.5, 0.6) is 5.75 Å². The predicted molar refractivity (Wildman–Crippen MR) is 76.1 cm³/mol. The van der Waals surface area contributed by atoms with E-state index < -0.39 is 6.10 Å². The Morgan fingerprint density at radius 2 is 2.29 bits per heavy atom. The van der Waals surface area contributed by atoms with Crippen LogP contribution in [0.3, 0.4) is 0 Å². The number of methoxy groups -OCH3 is 1. The van der Waals surface area contributed by atoms with E-state index in [0.717, 1.165) is 11.3 Å². The molecular formula is C16H17NO4. The van der Waals surface area contributed by atoms with Crippen molar-refractivity contribution in [3.8, 4) is 5.75 Å². The largest absolute Gasteiger partial charge is 0.497 e. The van der Waals surface area contributed by atoms with Crippen molar-refractivity contribution in [2.45, 2.75) is 18.6 Å². The third-order valence-corrected chi connectivity index (χ3v) is 3.79. The van der Waals surface area contributed by atoms with Gasteiger partial charge in [-0.05, 0) is 30.2 Å². The molecule has 110 valence electrons. The van der Waals surface area contributed by atoms with Crippen LogP contribution < -0.4 is 4.74 Å². The van der Waals surface area contributed by atoms with Gasteiger partial charge in [-0.3, -0.25) is 4.79 Å². The lowest BCUT2D eigenvalue weighted by Crippen LogP contribution is -2.31. The van der Waals surface area contributed by atoms with Crippen LogP contribution in [0.1, 0.15) is 28.4 Å². The van der Waals surface area contributed by atoms with E-state index >= 15 is 0 Å². The van der Waals surface area contributed by atoms with Crippen LogP contribution in [-0.4, -0.2) is 35.7 Å². The van der Waals surface area contributed by atoms with Gasteiger partial charge in [0, 0.05) is 6.54 Å². The first kappa shape index (κ1) is 13.7. The van der Waals surface area contributed by atoms with Crippen molar-refractivity contribution in [3.05, 3.63) is 54.0 Å². The van der Waals surface area contributed by atoms with Gasteiger partial charge in [-0.1, -0.05) is 12.1 Å². The Balaban J connectivity index is 1.90. The minimum Gasteiger partial charge on any atom is -0.497 e. The predicted octanol–water partition coefficient (Wildman–Crippen LogP) is 2.24. The normalized spacial score (nSPS) is 21.5. The Morgan fingerprint density at radius 1 is 1.43 bits per heavy atom. The van der Waals surface area contributed by atoms with Gasteiger partial charge in [-0.25, -0.2) is 0 Å². The molecule has 1 amide bonds. The number of carbonyl (C=O) groups excluding carboxylic acids is 1. The highest BCUT2D eigenvalue weighted by molar-refractivity contribution is 5.94. The van der Waals surface area contributed by atoms with Gasteiger partial charge in [0.2, 0.25) is 0 Å². The van der Waals surface area contributed by atoms with Crippen molar-refractivity contribution in [2.75, 3.05) is 13.7 Å². The van der Waals surface area contributed by atoms with E-state index in [0.29, 0.717) is 18.5 Å². The summed E-state index contributed by atoms with van der Waals surface area (Å²) in [6.45, 7) is 0.325. The zero-order valence-electron chi connectivity index (χ0n) is 11.7. The lowest BCUT2D eigenvalue weighted by Gasteiger charge is -2.24. The van der Waals surface area contributed by atoms with Crippen LogP contribution in [0.4, 0.5) is 0 Å². The Kier molecular flexibility index (Phi) is 3.66. The van der Waals surface area contributed by atoms with Crippen molar-refractivity contribution in [1.29, 1.82) is 0 Å². The molecule has 5 heteroatoms. The molecule has 5 nitrogen and oxygen atoms in total. The summed E-state index contributed by atoms with van der Waals surface area (Å²) in [6, 6.07) is 9.07. The van der Waals surface area contributed by atoms with Crippen molar-refractivity contribution < 1.29 is 19.1 Å². The molecule has 1 aliphatic heterocycles. The molecule has 2 atom stereocenters. The summed E-state index contributed by atoms with van der Waals surface area (Å²) in [4.78, 5) is 14.2. The maximum atomic E-state index is 12.5. The number of aliphatic hydroxyl groups excluding tert-OH is 1. The van der Waals surface area contributed by atoms with Crippen molar-refractivity contribution in [3.63, 3.8) is 0 Å². The highest BCUT2D eigenvalue weighted by Crippen LogP contribution is 2.34. The minimum absolute atomic E-state index is 0.131. The van der Waals surface area contributed by atoms with Gasteiger partial charge in [0.15, 0.2) is 0 Å². The van der Waals surface area contributed by atoms with Crippen LogP contribution >= 0.6 is 0 Å². The Labute approximate surface area is 122 Å². The van der Waals surface area contributed by atoms with Crippen LogP contribution in [-0.2, 0) is 0 Å². The second-order valence-electron chi connectivity index (χ2n) is 5.15. The van der Waals surface area contributed by atoms with E-state index in [2.05, 4.69) is 0 Å². The van der Waals surface area contributed by atoms with Crippen LogP contribution in [0.15, 0.2) is 47.3 Å². The average molecular weight is 287 g/mol. The lowest BCUT2D eigenvalue weighted by atomic mass is 10.0. The molecule has 0 saturated carbocycles. The molecule has 21 heavy (non-hydrogen) atoms. The molecule has 0 unspecified atom stereocenters. The first-order chi connectivity index (χ1) is 10.2. The fourth-order valence-corrected chi connectivity index (χ4v) is 2.76. The molecule has 1 aromatic carbocycles. The van der Waals surface area contributed by atoms with Gasteiger partial charge in [-0.2, -0.15) is 0 Å². The van der Waals surface area contributed by atoms with E-state index in [-0.39, 0.29) is 11.9 Å². The molecule has 3 rings (SSSR count). The summed E-state index contributed by atoms with van der Waals surface area (Å²) in [7, 11) is 1.61. The number of amides is 1. The van der Waals surface area contributed by atoms with Gasteiger partial charge in [0.25, 0.3) is 5.91 Å². The number of β-amino-alcohol motifs (C(OH)–C–C–N with tert-alkyl or cyclic N) is 1. The SMILES string of the molecule is COc1cccc([C@H]2C[C@H](O)CN2C(=O)c2ccoc2)c1. The van der Waals surface area contributed by atoms with Crippen molar-refractivity contribution in [1.82, 2.24) is 4.90 Å². The highest BCUT2D eigenvalue weighted by Gasteiger charge is 2.36. The van der Waals surface area contributed by atoms with E-state index in [1.54, 1.807) is 18.1 Å². The smallest absolute Gasteiger partial charge is 0.257 e. The topological polar surface area (TPSA) is 62.9 Å². The summed E-state index contributed by atoms with van der Waals surface area (Å²) >= 11 is 0. The molecule has 2 heterocycles. The molecule has 2 aromatic rings. The Hall–Kier alpha value is -2.27. The van der Waals surface area contributed by atoms with Crippen LogP contribution in [0.25, 0.3) is 0 Å². The van der Waals surface area contributed by atoms with Crippen LogP contribution in [0.2, 0.25) is 0 Å². The number of nitrogens with zero attached hydrogens (tertiary/aromatic N) is 1. The van der Waals surface area contributed by atoms with Gasteiger partial charge < -0.3 is 19.2 Å². The standard InChI is InChI=1S/C16H17NO4/c1-20-14-4-2-3-11(7-14)15-8-13(18)9-17(15)16(19)12-5-6-21-10-12/h2-7,10,13,15,18H,8-9H2,1H3/t13-,15+/m0/s1. The van der Waals surface area contributed by atoms with E-state index in [1.807, 2.05) is 24.3 Å². The fraction of sp³-hybridized carbons (Fsp3) is 0.312. The number of aliphatic hydroxyl groups is 1. The minimum atomic E-state index is -0.517. The maximum absolute atomic E-state index is 12.5. The zero-order chi connectivity index (χ0) is 14.8. The number of likely N-dealkylation sites (tertiary alicyclic amines) is 1. The summed E-state index contributed by atoms with van der Waals surface area (Å²) in [5.41, 5.74) is 1.46. The number of ether oxygens (including phenoxy) is 1. The second-order valence-corrected chi connectivity index (χ2v) is 5.15. The van der Waals surface area contributed by atoms with Gasteiger partial charge in [-0.15, -0.1) is 0 Å². The highest BCUT2D eigenvalue weighted by atomic mass is 16.5. The third kappa shape index (κ3) is 2.64. The first-order valence-electron chi connectivity index (χ1n) is 6.84. The molecule has 1 fully saturated rings. The fourth-order valence-electron chi connectivity index (χ4n) is 2.76. The molecule has 1 aliphatic rings. The molecule has 1 saturated heterocycles. The number of hydrogen-bond donors (Lipinski definition) is 1. The first-order valence-corrected chi connectivity index (χ1v) is 6.84. The summed E-state index contributed by atoms with van der Waals surface area (Å²) in [5.74, 6) is 0.609. The molecule has 1 aromatic heterocycles. The average Bonchev–Trinajstić information content (AvgIpc) is 3.16. The number of rotatable bonds is 3. The monoisotopic (exact) mass is 287 g/mol. The van der Waals surface area contributed by atoms with E-state index in [1.165, 1.54) is 12.5 Å². The molecule has 0 bridgehead atoms. The molecular weight excluding hydrogens is 270 g/mol. The number of hydrogen-bond acceptors (Lipinski definition) is 4. The molecule has 1 N–H and O–H groups in total. The summed E-state index contributed by atoms with van der Waals surface area (Å²) < 4.78 is 10.2. The van der Waals surface area contributed by atoms with E-state index in [4.69, 9.17) is 9.15 Å². The Bertz CT molecular complexity index is 623. The van der Waals surface area contributed by atoms with Gasteiger partial charge in [0.1, 0.15) is 12.0 Å². The Morgan fingerprint density at radius 3 is 3.00 bits per heavy atom. The molecule has 0 aliphatic carbocycles. The lowest BCUT2D eigenvalue weighted by molar-refractivity contribution is 0.0715. The number of furan rings is 1. The van der Waals surface area contributed by atoms with E-state index in [9.17, 15) is 9.90 Å². The number of carbonyl (C=O) groups is 1. The summed E-state index contributed by atoms with van der Waals surface area (Å²) in [5, 5.41) is 9.96. The van der Waals surface area contributed by atoms with Crippen LogP contribution in [0, 0.1) is 0 Å². The maximum Gasteiger partial charge on any atom is 0.257 e. The molecule has 0 radical (unpaired) electrons. The van der Waals surface area contributed by atoms with Gasteiger partial charge in [0.05, 0.1) is 31.1 Å². The second kappa shape index (κ2) is 5.61. The third-order valence-electron chi connectivity index (χ3n) is 3.79. The summed E-state index contributed by atoms with van der Waals surface area (Å²) in [6.07, 6.45) is 2.91. The molecule has 0 spiro atoms. The zero-order valence-corrected chi connectivity index (χ0v) is 11.7. The quantitative estimate of drug-likeness (QED) is 0.940. The number of benzene rings is 1. The van der Waals surface area contributed by atoms with Crippen molar-refractivity contribution in [2.24, 2.45) is 0 Å².